The first-order valence-corrected chi connectivity index (χ1v) is 9.35. The van der Waals surface area contributed by atoms with Gasteiger partial charge in [0.1, 0.15) is 12.1 Å². The van der Waals surface area contributed by atoms with Crippen LogP contribution >= 0.6 is 0 Å². The summed E-state index contributed by atoms with van der Waals surface area (Å²) in [5, 5.41) is 3.14. The minimum Gasteiger partial charge on any atom is -0.493 e. The Morgan fingerprint density at radius 1 is 1.00 bits per heavy atom. The fourth-order valence-corrected chi connectivity index (χ4v) is 3.67. The highest BCUT2D eigenvalue weighted by Gasteiger charge is 2.23. The molecule has 1 aromatic heterocycles. The van der Waals surface area contributed by atoms with E-state index in [1.54, 1.807) is 6.33 Å². The number of nitrogens with one attached hydrogen (secondary N) is 1. The summed E-state index contributed by atoms with van der Waals surface area (Å²) in [6.07, 6.45) is 2.57. The molecule has 0 fully saturated rings. The number of aromatic nitrogens is 2. The molecule has 0 spiro atoms. The van der Waals surface area contributed by atoms with E-state index in [4.69, 9.17) is 4.74 Å². The molecule has 0 saturated carbocycles. The molecule has 3 aromatic carbocycles. The maximum atomic E-state index is 12.8. The molecule has 0 radical (unpaired) electrons. The van der Waals surface area contributed by atoms with Crippen molar-refractivity contribution in [2.24, 2.45) is 0 Å². The molecule has 0 bridgehead atoms. The van der Waals surface area contributed by atoms with Gasteiger partial charge in [0.2, 0.25) is 0 Å². The van der Waals surface area contributed by atoms with Crippen LogP contribution in [0.3, 0.4) is 0 Å². The molecule has 28 heavy (non-hydrogen) atoms. The summed E-state index contributed by atoms with van der Waals surface area (Å²) in [4.78, 5) is 17.2. The van der Waals surface area contributed by atoms with Crippen molar-refractivity contribution in [2.75, 3.05) is 6.61 Å². The summed E-state index contributed by atoms with van der Waals surface area (Å²) in [6.45, 7) is 0.606. The molecular formula is C23H19N3O2. The predicted octanol–water partition coefficient (Wildman–Crippen LogP) is 4.28. The minimum absolute atomic E-state index is 0.0327. The Kier molecular flexibility index (Phi) is 4.05. The van der Waals surface area contributed by atoms with Crippen LogP contribution in [0.15, 0.2) is 79.1 Å². The summed E-state index contributed by atoms with van der Waals surface area (Å²) in [6, 6.07) is 23.4. The lowest BCUT2D eigenvalue weighted by molar-refractivity contribution is 0.0925. The highest BCUT2D eigenvalue weighted by Crippen LogP contribution is 2.31. The van der Waals surface area contributed by atoms with E-state index in [1.165, 1.54) is 0 Å². The van der Waals surface area contributed by atoms with Gasteiger partial charge in [0.05, 0.1) is 23.7 Å². The number of amides is 1. The van der Waals surface area contributed by atoms with Crippen LogP contribution in [-0.4, -0.2) is 22.1 Å². The predicted molar refractivity (Wildman–Crippen MR) is 108 cm³/mol. The van der Waals surface area contributed by atoms with Gasteiger partial charge in [0, 0.05) is 23.2 Å². The number of para-hydroxylation sites is 3. The van der Waals surface area contributed by atoms with Crippen LogP contribution in [-0.2, 0) is 0 Å². The summed E-state index contributed by atoms with van der Waals surface area (Å²) >= 11 is 0. The summed E-state index contributed by atoms with van der Waals surface area (Å²) in [7, 11) is 0. The number of hydrogen-bond donors (Lipinski definition) is 1. The Labute approximate surface area is 162 Å². The molecule has 1 atom stereocenters. The zero-order valence-electron chi connectivity index (χ0n) is 15.2. The molecule has 0 saturated heterocycles. The molecule has 0 unspecified atom stereocenters. The number of rotatable bonds is 3. The lowest BCUT2D eigenvalue weighted by Crippen LogP contribution is -2.32. The molecule has 138 valence electrons. The third-order valence-corrected chi connectivity index (χ3v) is 5.13. The largest absolute Gasteiger partial charge is 0.493 e. The van der Waals surface area contributed by atoms with Crippen LogP contribution in [0.25, 0.3) is 16.7 Å². The van der Waals surface area contributed by atoms with E-state index < -0.39 is 0 Å². The molecule has 1 aliphatic rings. The molecular weight excluding hydrogens is 350 g/mol. The van der Waals surface area contributed by atoms with E-state index >= 15 is 0 Å². The van der Waals surface area contributed by atoms with Crippen molar-refractivity contribution < 1.29 is 9.53 Å². The molecule has 5 heteroatoms. The second-order valence-electron chi connectivity index (χ2n) is 6.85. The molecule has 2 heterocycles. The van der Waals surface area contributed by atoms with Crippen molar-refractivity contribution in [3.8, 4) is 11.4 Å². The highest BCUT2D eigenvalue weighted by atomic mass is 16.5. The Morgan fingerprint density at radius 2 is 1.79 bits per heavy atom. The summed E-state index contributed by atoms with van der Waals surface area (Å²) < 4.78 is 7.69. The van der Waals surface area contributed by atoms with Gasteiger partial charge in [-0.2, -0.15) is 0 Å². The SMILES string of the molecule is O=C(N[C@@H]1CCOc2ccccc21)c1ccc(-n2cnc3ccccc32)cc1. The third kappa shape index (κ3) is 2.91. The molecule has 4 aromatic rings. The molecule has 1 aliphatic heterocycles. The topological polar surface area (TPSA) is 56.1 Å². The molecule has 0 aliphatic carbocycles. The van der Waals surface area contributed by atoms with E-state index in [1.807, 2.05) is 77.4 Å². The van der Waals surface area contributed by atoms with Gasteiger partial charge < -0.3 is 10.1 Å². The Hall–Kier alpha value is -3.60. The van der Waals surface area contributed by atoms with Crippen LogP contribution in [0.2, 0.25) is 0 Å². The zero-order valence-corrected chi connectivity index (χ0v) is 15.2. The lowest BCUT2D eigenvalue weighted by Gasteiger charge is -2.26. The van der Waals surface area contributed by atoms with Gasteiger partial charge in [0.15, 0.2) is 0 Å². The first kappa shape index (κ1) is 16.6. The van der Waals surface area contributed by atoms with Gasteiger partial charge in [-0.25, -0.2) is 4.98 Å². The number of carbonyl (C=O) groups is 1. The van der Waals surface area contributed by atoms with Gasteiger partial charge in [0.25, 0.3) is 5.91 Å². The summed E-state index contributed by atoms with van der Waals surface area (Å²) in [5.41, 5.74) is 4.63. The fraction of sp³-hybridized carbons (Fsp3) is 0.130. The number of nitrogens with zero attached hydrogens (tertiary/aromatic N) is 2. The van der Waals surface area contributed by atoms with Crippen molar-refractivity contribution >= 4 is 16.9 Å². The van der Waals surface area contributed by atoms with Crippen molar-refractivity contribution in [3.63, 3.8) is 0 Å². The smallest absolute Gasteiger partial charge is 0.251 e. The Balaban J connectivity index is 1.37. The van der Waals surface area contributed by atoms with E-state index in [-0.39, 0.29) is 11.9 Å². The number of fused-ring (bicyclic) bond motifs is 2. The van der Waals surface area contributed by atoms with Crippen molar-refractivity contribution in [2.45, 2.75) is 12.5 Å². The second-order valence-corrected chi connectivity index (χ2v) is 6.85. The van der Waals surface area contributed by atoms with Gasteiger partial charge in [-0.3, -0.25) is 9.36 Å². The molecule has 1 amide bonds. The van der Waals surface area contributed by atoms with Gasteiger partial charge >= 0.3 is 0 Å². The van der Waals surface area contributed by atoms with Crippen LogP contribution in [0, 0.1) is 0 Å². The minimum atomic E-state index is -0.0799. The van der Waals surface area contributed by atoms with Crippen LogP contribution in [0.5, 0.6) is 5.75 Å². The summed E-state index contributed by atoms with van der Waals surface area (Å²) in [5.74, 6) is 0.769. The van der Waals surface area contributed by atoms with Crippen molar-refractivity contribution in [1.29, 1.82) is 0 Å². The van der Waals surface area contributed by atoms with Crippen molar-refractivity contribution in [3.05, 3.63) is 90.3 Å². The van der Waals surface area contributed by atoms with Crippen LogP contribution in [0.1, 0.15) is 28.4 Å². The average Bonchev–Trinajstić information content (AvgIpc) is 3.18. The highest BCUT2D eigenvalue weighted by molar-refractivity contribution is 5.94. The number of benzene rings is 3. The van der Waals surface area contributed by atoms with Gasteiger partial charge in [-0.05, 0) is 42.5 Å². The number of hydrogen-bond acceptors (Lipinski definition) is 3. The van der Waals surface area contributed by atoms with Crippen molar-refractivity contribution in [1.82, 2.24) is 14.9 Å². The monoisotopic (exact) mass is 369 g/mol. The maximum Gasteiger partial charge on any atom is 0.251 e. The zero-order chi connectivity index (χ0) is 18.9. The Morgan fingerprint density at radius 3 is 2.68 bits per heavy atom. The molecule has 5 nitrogen and oxygen atoms in total. The van der Waals surface area contributed by atoms with Gasteiger partial charge in [-0.1, -0.05) is 30.3 Å². The third-order valence-electron chi connectivity index (χ3n) is 5.13. The van der Waals surface area contributed by atoms with E-state index in [9.17, 15) is 4.79 Å². The van der Waals surface area contributed by atoms with E-state index in [0.29, 0.717) is 12.2 Å². The maximum absolute atomic E-state index is 12.8. The number of carbonyl (C=O) groups excluding carboxylic acids is 1. The van der Waals surface area contributed by atoms with E-state index in [2.05, 4.69) is 10.3 Å². The normalized spacial score (nSPS) is 15.6. The second kappa shape index (κ2) is 6.85. The van der Waals surface area contributed by atoms with Crippen LogP contribution < -0.4 is 10.1 Å². The molecule has 5 rings (SSSR count). The quantitative estimate of drug-likeness (QED) is 0.586. The average molecular weight is 369 g/mol. The Bertz CT molecular complexity index is 1150. The first-order chi connectivity index (χ1) is 13.8. The van der Waals surface area contributed by atoms with E-state index in [0.717, 1.165) is 34.5 Å². The number of imidazole rings is 1. The fourth-order valence-electron chi connectivity index (χ4n) is 3.67. The van der Waals surface area contributed by atoms with Crippen LogP contribution in [0.4, 0.5) is 0 Å². The molecule has 1 N–H and O–H groups in total. The lowest BCUT2D eigenvalue weighted by atomic mass is 10.00. The first-order valence-electron chi connectivity index (χ1n) is 9.35. The van der Waals surface area contributed by atoms with Gasteiger partial charge in [-0.15, -0.1) is 0 Å². The number of ether oxygens (including phenoxy) is 1. The standard InChI is InChI=1S/C23H19N3O2/c27-23(25-19-13-14-28-22-8-4-1-5-18(19)22)16-9-11-17(12-10-16)26-15-24-20-6-2-3-7-21(20)26/h1-12,15,19H,13-14H2,(H,25,27)/t19-/m1/s1.